The average molecular weight is 264 g/mol. The normalized spacial score (nSPS) is 10.8. The molecule has 1 aromatic carbocycles. The van der Waals surface area contributed by atoms with Crippen LogP contribution >= 0.6 is 0 Å². The predicted octanol–water partition coefficient (Wildman–Crippen LogP) is 3.64. The van der Waals surface area contributed by atoms with E-state index in [1.54, 1.807) is 13.2 Å². The minimum Gasteiger partial charge on any atom is -0.496 e. The lowest BCUT2D eigenvalue weighted by Crippen LogP contribution is -2.11. The van der Waals surface area contributed by atoms with E-state index in [2.05, 4.69) is 13.8 Å². The van der Waals surface area contributed by atoms with E-state index in [-0.39, 0.29) is 12.4 Å². The predicted molar refractivity (Wildman–Crippen MR) is 77.0 cm³/mol. The summed E-state index contributed by atoms with van der Waals surface area (Å²) in [4.78, 5) is 12.0. The topological polar surface area (TPSA) is 35.5 Å². The number of aryl methyl sites for hydroxylation is 1. The van der Waals surface area contributed by atoms with E-state index in [1.165, 1.54) is 0 Å². The maximum absolute atomic E-state index is 12.0. The van der Waals surface area contributed by atoms with Crippen LogP contribution in [-0.2, 0) is 4.74 Å². The molecule has 3 heteroatoms. The second-order valence-electron chi connectivity index (χ2n) is 5.22. The third-order valence-electron chi connectivity index (χ3n) is 2.96. The van der Waals surface area contributed by atoms with Gasteiger partial charge in [-0.2, -0.15) is 0 Å². The zero-order chi connectivity index (χ0) is 14.3. The van der Waals surface area contributed by atoms with Crippen LogP contribution in [0, 0.1) is 12.8 Å². The Morgan fingerprint density at radius 3 is 2.68 bits per heavy atom. The van der Waals surface area contributed by atoms with E-state index in [4.69, 9.17) is 9.47 Å². The Labute approximate surface area is 115 Å². The van der Waals surface area contributed by atoms with Gasteiger partial charge in [0.2, 0.25) is 0 Å². The van der Waals surface area contributed by atoms with E-state index < -0.39 is 0 Å². The lowest BCUT2D eigenvalue weighted by molar-refractivity contribution is 0.0746. The Bertz CT molecular complexity index is 410. The fourth-order valence-corrected chi connectivity index (χ4v) is 1.87. The summed E-state index contributed by atoms with van der Waals surface area (Å²) in [7, 11) is 1.58. The van der Waals surface area contributed by atoms with Gasteiger partial charge in [0.05, 0.1) is 12.7 Å². The third-order valence-corrected chi connectivity index (χ3v) is 2.96. The van der Waals surface area contributed by atoms with Gasteiger partial charge in [0.1, 0.15) is 12.4 Å². The van der Waals surface area contributed by atoms with Crippen LogP contribution in [-0.4, -0.2) is 26.1 Å². The third kappa shape index (κ3) is 5.43. The number of ether oxygens (including phenoxy) is 2. The number of methoxy groups -OCH3 is 1. The first-order valence-corrected chi connectivity index (χ1v) is 6.80. The molecule has 0 amide bonds. The molecular formula is C16H24O3. The standard InChI is InChI=1S/C16H24O3/c1-12(2)6-5-9-19-11-15(17)14-8-7-13(3)10-16(14)18-4/h7-8,10,12H,5-6,9,11H2,1-4H3. The highest BCUT2D eigenvalue weighted by Gasteiger charge is 2.12. The number of hydrogen-bond acceptors (Lipinski definition) is 3. The lowest BCUT2D eigenvalue weighted by Gasteiger charge is -2.09. The maximum Gasteiger partial charge on any atom is 0.192 e. The molecule has 19 heavy (non-hydrogen) atoms. The quantitative estimate of drug-likeness (QED) is 0.531. The van der Waals surface area contributed by atoms with Crippen molar-refractivity contribution in [2.75, 3.05) is 20.3 Å². The molecule has 1 rings (SSSR count). The van der Waals surface area contributed by atoms with Crippen molar-refractivity contribution >= 4 is 5.78 Å². The number of benzene rings is 1. The summed E-state index contributed by atoms with van der Waals surface area (Å²) >= 11 is 0. The number of Topliss-reactive ketones (excluding diaryl/α,β-unsaturated/α-hetero) is 1. The Kier molecular flexibility index (Phi) is 6.57. The summed E-state index contributed by atoms with van der Waals surface area (Å²) in [6.45, 7) is 7.10. The van der Waals surface area contributed by atoms with Crippen LogP contribution in [0.3, 0.4) is 0 Å². The summed E-state index contributed by atoms with van der Waals surface area (Å²) in [6.07, 6.45) is 2.12. The Morgan fingerprint density at radius 2 is 2.05 bits per heavy atom. The number of hydrogen-bond donors (Lipinski definition) is 0. The molecular weight excluding hydrogens is 240 g/mol. The highest BCUT2D eigenvalue weighted by atomic mass is 16.5. The molecule has 0 heterocycles. The molecule has 0 atom stereocenters. The molecule has 0 aromatic heterocycles. The fourth-order valence-electron chi connectivity index (χ4n) is 1.87. The maximum atomic E-state index is 12.0. The number of rotatable bonds is 8. The van der Waals surface area contributed by atoms with Crippen molar-refractivity contribution in [3.8, 4) is 5.75 Å². The van der Waals surface area contributed by atoms with Crippen LogP contribution in [0.5, 0.6) is 5.75 Å². The van der Waals surface area contributed by atoms with Gasteiger partial charge >= 0.3 is 0 Å². The minimum atomic E-state index is -0.0265. The number of carbonyl (C=O) groups is 1. The summed E-state index contributed by atoms with van der Waals surface area (Å²) < 4.78 is 10.7. The summed E-state index contributed by atoms with van der Waals surface area (Å²) in [5.74, 6) is 1.27. The average Bonchev–Trinajstić information content (AvgIpc) is 2.37. The molecule has 0 radical (unpaired) electrons. The van der Waals surface area contributed by atoms with Gasteiger partial charge in [0, 0.05) is 6.61 Å². The first kappa shape index (κ1) is 15.7. The summed E-state index contributed by atoms with van der Waals surface area (Å²) in [5.41, 5.74) is 1.67. The number of carbonyl (C=O) groups excluding carboxylic acids is 1. The van der Waals surface area contributed by atoms with Crippen molar-refractivity contribution < 1.29 is 14.3 Å². The van der Waals surface area contributed by atoms with Gasteiger partial charge in [-0.25, -0.2) is 0 Å². The second kappa shape index (κ2) is 7.95. The molecule has 0 aliphatic rings. The summed E-state index contributed by atoms with van der Waals surface area (Å²) in [6, 6.07) is 5.58. The van der Waals surface area contributed by atoms with E-state index in [0.717, 1.165) is 18.4 Å². The fraction of sp³-hybridized carbons (Fsp3) is 0.562. The van der Waals surface area contributed by atoms with Gasteiger partial charge in [0.15, 0.2) is 5.78 Å². The van der Waals surface area contributed by atoms with Crippen molar-refractivity contribution in [3.05, 3.63) is 29.3 Å². The van der Waals surface area contributed by atoms with E-state index >= 15 is 0 Å². The van der Waals surface area contributed by atoms with Crippen LogP contribution < -0.4 is 4.74 Å². The first-order valence-electron chi connectivity index (χ1n) is 6.80. The molecule has 0 bridgehead atoms. The second-order valence-corrected chi connectivity index (χ2v) is 5.22. The van der Waals surface area contributed by atoms with Gasteiger partial charge in [-0.05, 0) is 43.4 Å². The molecule has 0 aliphatic heterocycles. The van der Waals surface area contributed by atoms with Crippen molar-refractivity contribution in [1.82, 2.24) is 0 Å². The van der Waals surface area contributed by atoms with Crippen LogP contribution in [0.4, 0.5) is 0 Å². The van der Waals surface area contributed by atoms with Crippen LogP contribution in [0.1, 0.15) is 42.6 Å². The molecule has 0 spiro atoms. The van der Waals surface area contributed by atoms with Crippen molar-refractivity contribution in [3.63, 3.8) is 0 Å². The van der Waals surface area contributed by atoms with Crippen LogP contribution in [0.25, 0.3) is 0 Å². The van der Waals surface area contributed by atoms with Crippen molar-refractivity contribution in [1.29, 1.82) is 0 Å². The van der Waals surface area contributed by atoms with E-state index in [1.807, 2.05) is 19.1 Å². The smallest absolute Gasteiger partial charge is 0.192 e. The first-order chi connectivity index (χ1) is 9.04. The van der Waals surface area contributed by atoms with Crippen molar-refractivity contribution in [2.24, 2.45) is 5.92 Å². The van der Waals surface area contributed by atoms with Crippen LogP contribution in [0.2, 0.25) is 0 Å². The lowest BCUT2D eigenvalue weighted by atomic mass is 10.1. The molecule has 3 nitrogen and oxygen atoms in total. The minimum absolute atomic E-state index is 0.0265. The van der Waals surface area contributed by atoms with Crippen molar-refractivity contribution in [2.45, 2.75) is 33.6 Å². The molecule has 0 N–H and O–H groups in total. The SMILES string of the molecule is COc1cc(C)ccc1C(=O)COCCCC(C)C. The Morgan fingerprint density at radius 1 is 1.32 bits per heavy atom. The Hall–Kier alpha value is -1.35. The largest absolute Gasteiger partial charge is 0.496 e. The molecule has 0 saturated heterocycles. The van der Waals surface area contributed by atoms with E-state index in [0.29, 0.717) is 23.8 Å². The molecule has 0 fully saturated rings. The van der Waals surface area contributed by atoms with Crippen LogP contribution in [0.15, 0.2) is 18.2 Å². The van der Waals surface area contributed by atoms with Gasteiger partial charge in [-0.1, -0.05) is 19.9 Å². The zero-order valence-corrected chi connectivity index (χ0v) is 12.4. The van der Waals surface area contributed by atoms with Gasteiger partial charge in [0.25, 0.3) is 0 Å². The zero-order valence-electron chi connectivity index (χ0n) is 12.4. The molecule has 0 saturated carbocycles. The van der Waals surface area contributed by atoms with E-state index in [9.17, 15) is 4.79 Å². The van der Waals surface area contributed by atoms with Gasteiger partial charge in [-0.3, -0.25) is 4.79 Å². The highest BCUT2D eigenvalue weighted by molar-refractivity contribution is 5.99. The van der Waals surface area contributed by atoms with Gasteiger partial charge < -0.3 is 9.47 Å². The molecule has 0 aliphatic carbocycles. The summed E-state index contributed by atoms with van der Waals surface area (Å²) in [5, 5.41) is 0. The molecule has 0 unspecified atom stereocenters. The highest BCUT2D eigenvalue weighted by Crippen LogP contribution is 2.20. The van der Waals surface area contributed by atoms with Gasteiger partial charge in [-0.15, -0.1) is 0 Å². The monoisotopic (exact) mass is 264 g/mol. The Balaban J connectivity index is 2.45. The molecule has 106 valence electrons. The number of ketones is 1. The molecule has 1 aromatic rings.